The number of hydrogen-bond acceptors (Lipinski definition) is 4. The number of rotatable bonds is 6. The molecule has 10 heteroatoms. The molecule has 28 heavy (non-hydrogen) atoms. The zero-order valence-electron chi connectivity index (χ0n) is 14.3. The van der Waals surface area contributed by atoms with Gasteiger partial charge in [-0.05, 0) is 18.2 Å². The lowest BCUT2D eigenvalue weighted by atomic mass is 10.3. The summed E-state index contributed by atoms with van der Waals surface area (Å²) in [5.74, 6) is -0.601. The van der Waals surface area contributed by atoms with Crippen LogP contribution in [0.25, 0.3) is 11.0 Å². The molecule has 0 unspecified atom stereocenters. The zero-order chi connectivity index (χ0) is 20.3. The number of alkyl halides is 3. The Kier molecular flexibility index (Phi) is 5.95. The van der Waals surface area contributed by atoms with Crippen LogP contribution in [0, 0.1) is 0 Å². The van der Waals surface area contributed by atoms with Crippen LogP contribution in [0.15, 0.2) is 54.3 Å². The van der Waals surface area contributed by atoms with E-state index in [1.165, 1.54) is 11.8 Å². The number of halogens is 4. The average molecular weight is 427 g/mol. The molecular weight excluding hydrogens is 413 g/mol. The first-order valence-electron chi connectivity index (χ1n) is 8.01. The number of nitrogens with one attached hydrogen (secondary N) is 1. The Labute approximate surface area is 167 Å². The Morgan fingerprint density at radius 2 is 2.11 bits per heavy atom. The van der Waals surface area contributed by atoms with E-state index < -0.39 is 17.6 Å². The van der Waals surface area contributed by atoms with Gasteiger partial charge in [0, 0.05) is 12.7 Å². The molecule has 0 fully saturated rings. The van der Waals surface area contributed by atoms with Crippen LogP contribution < -0.4 is 5.32 Å². The van der Waals surface area contributed by atoms with Crippen LogP contribution in [-0.4, -0.2) is 26.2 Å². The van der Waals surface area contributed by atoms with Gasteiger partial charge in [-0.2, -0.15) is 13.2 Å². The summed E-state index contributed by atoms with van der Waals surface area (Å²) < 4.78 is 39.9. The number of hydrogen-bond donors (Lipinski definition) is 1. The number of para-hydroxylation sites is 2. The van der Waals surface area contributed by atoms with Crippen molar-refractivity contribution in [1.82, 2.24) is 14.5 Å². The van der Waals surface area contributed by atoms with Crippen molar-refractivity contribution in [2.45, 2.75) is 17.9 Å². The minimum Gasteiger partial charge on any atom is -0.315 e. The average Bonchev–Trinajstić information content (AvgIpc) is 2.99. The molecule has 0 aliphatic carbocycles. The molecule has 1 N–H and O–H groups in total. The highest BCUT2D eigenvalue weighted by Gasteiger charge is 2.31. The van der Waals surface area contributed by atoms with E-state index in [0.29, 0.717) is 17.9 Å². The van der Waals surface area contributed by atoms with Crippen molar-refractivity contribution in [3.8, 4) is 0 Å². The Morgan fingerprint density at radius 3 is 2.79 bits per heavy atom. The first-order valence-corrected chi connectivity index (χ1v) is 9.37. The lowest BCUT2D eigenvalue weighted by Gasteiger charge is -2.10. The SMILES string of the molecule is C=CCn1c(SCC(=O)Nc2ncc(C(F)(F)F)cc2Cl)nc2ccccc21. The minimum absolute atomic E-state index is 0.0144. The van der Waals surface area contributed by atoms with Gasteiger partial charge in [0.05, 0.1) is 27.4 Å². The number of benzene rings is 1. The fourth-order valence-corrected chi connectivity index (χ4v) is 3.49. The Hall–Kier alpha value is -2.52. The van der Waals surface area contributed by atoms with E-state index in [9.17, 15) is 18.0 Å². The molecule has 0 aliphatic rings. The number of anilines is 1. The molecule has 3 aromatic rings. The van der Waals surface area contributed by atoms with E-state index in [2.05, 4.69) is 21.9 Å². The van der Waals surface area contributed by atoms with Gasteiger partial charge in [-0.25, -0.2) is 9.97 Å². The summed E-state index contributed by atoms with van der Waals surface area (Å²) >= 11 is 7.00. The molecule has 5 nitrogen and oxygen atoms in total. The van der Waals surface area contributed by atoms with Crippen LogP contribution in [-0.2, 0) is 17.5 Å². The first-order chi connectivity index (χ1) is 13.3. The molecule has 3 rings (SSSR count). The van der Waals surface area contributed by atoms with Crippen molar-refractivity contribution in [2.75, 3.05) is 11.1 Å². The second kappa shape index (κ2) is 8.24. The van der Waals surface area contributed by atoms with Gasteiger partial charge in [0.25, 0.3) is 0 Å². The monoisotopic (exact) mass is 426 g/mol. The molecule has 0 spiro atoms. The van der Waals surface area contributed by atoms with Gasteiger partial charge in [-0.1, -0.05) is 41.6 Å². The maximum absolute atomic E-state index is 12.7. The van der Waals surface area contributed by atoms with Gasteiger partial charge in [-0.3, -0.25) is 4.79 Å². The number of fused-ring (bicyclic) bond motifs is 1. The maximum Gasteiger partial charge on any atom is 0.417 e. The minimum atomic E-state index is -4.56. The maximum atomic E-state index is 12.7. The van der Waals surface area contributed by atoms with Gasteiger partial charge < -0.3 is 9.88 Å². The van der Waals surface area contributed by atoms with E-state index in [1.807, 2.05) is 28.8 Å². The summed E-state index contributed by atoms with van der Waals surface area (Å²) in [5.41, 5.74) is 0.723. The van der Waals surface area contributed by atoms with Crippen molar-refractivity contribution in [3.05, 3.63) is 59.8 Å². The Bertz CT molecular complexity index is 1040. The summed E-state index contributed by atoms with van der Waals surface area (Å²) in [5, 5.41) is 2.76. The summed E-state index contributed by atoms with van der Waals surface area (Å²) in [6.45, 7) is 4.25. The number of imidazole rings is 1. The van der Waals surface area contributed by atoms with Gasteiger partial charge in [0.1, 0.15) is 0 Å². The third kappa shape index (κ3) is 4.48. The van der Waals surface area contributed by atoms with Gasteiger partial charge in [-0.15, -0.1) is 6.58 Å². The van der Waals surface area contributed by atoms with Gasteiger partial charge in [0.15, 0.2) is 11.0 Å². The highest BCUT2D eigenvalue weighted by atomic mass is 35.5. The number of pyridine rings is 1. The van der Waals surface area contributed by atoms with Crippen molar-refractivity contribution < 1.29 is 18.0 Å². The third-order valence-corrected chi connectivity index (χ3v) is 4.95. The van der Waals surface area contributed by atoms with Crippen LogP contribution in [0.3, 0.4) is 0 Å². The molecule has 0 aliphatic heterocycles. The van der Waals surface area contributed by atoms with Crippen LogP contribution in [0.1, 0.15) is 5.56 Å². The largest absolute Gasteiger partial charge is 0.417 e. The lowest BCUT2D eigenvalue weighted by molar-refractivity contribution is -0.137. The van der Waals surface area contributed by atoms with E-state index in [0.717, 1.165) is 17.1 Å². The number of aromatic nitrogens is 3. The number of allylic oxidation sites excluding steroid dienone is 1. The van der Waals surface area contributed by atoms with Gasteiger partial charge in [0.2, 0.25) is 5.91 Å². The van der Waals surface area contributed by atoms with E-state index in [1.54, 1.807) is 6.08 Å². The van der Waals surface area contributed by atoms with Crippen molar-refractivity contribution >= 4 is 46.1 Å². The number of amides is 1. The molecule has 0 radical (unpaired) electrons. The first kappa shape index (κ1) is 20.2. The standard InChI is InChI=1S/C18H14ClF3N4OS/c1-2-7-26-14-6-4-3-5-13(14)24-17(26)28-10-15(27)25-16-12(19)8-11(9-23-16)18(20,21)22/h2-6,8-9H,1,7,10H2,(H,23,25,27). The normalized spacial score (nSPS) is 11.6. The second-order valence-electron chi connectivity index (χ2n) is 5.67. The predicted octanol–water partition coefficient (Wildman–Crippen LogP) is 5.02. The quantitative estimate of drug-likeness (QED) is 0.444. The molecule has 2 aromatic heterocycles. The van der Waals surface area contributed by atoms with E-state index >= 15 is 0 Å². The molecule has 0 bridgehead atoms. The van der Waals surface area contributed by atoms with Crippen molar-refractivity contribution in [2.24, 2.45) is 0 Å². The Morgan fingerprint density at radius 1 is 1.36 bits per heavy atom. The highest BCUT2D eigenvalue weighted by Crippen LogP contribution is 2.32. The third-order valence-electron chi connectivity index (χ3n) is 3.69. The fourth-order valence-electron chi connectivity index (χ4n) is 2.45. The van der Waals surface area contributed by atoms with Gasteiger partial charge >= 0.3 is 6.18 Å². The Balaban J connectivity index is 1.70. The van der Waals surface area contributed by atoms with Crippen molar-refractivity contribution in [1.29, 1.82) is 0 Å². The summed E-state index contributed by atoms with van der Waals surface area (Å²) in [6, 6.07) is 8.27. The summed E-state index contributed by atoms with van der Waals surface area (Å²) in [4.78, 5) is 20.3. The molecule has 0 saturated heterocycles. The fraction of sp³-hybridized carbons (Fsp3) is 0.167. The molecule has 2 heterocycles. The lowest BCUT2D eigenvalue weighted by Crippen LogP contribution is -2.16. The molecule has 1 amide bonds. The molecular formula is C18H14ClF3N4OS. The van der Waals surface area contributed by atoms with Crippen LogP contribution >= 0.6 is 23.4 Å². The number of nitrogens with zero attached hydrogens (tertiary/aromatic N) is 3. The smallest absolute Gasteiger partial charge is 0.315 e. The van der Waals surface area contributed by atoms with Crippen molar-refractivity contribution in [3.63, 3.8) is 0 Å². The summed E-state index contributed by atoms with van der Waals surface area (Å²) in [6.07, 6.45) is -2.21. The number of thioether (sulfide) groups is 1. The predicted molar refractivity (Wildman–Crippen MR) is 104 cm³/mol. The highest BCUT2D eigenvalue weighted by molar-refractivity contribution is 7.99. The van der Waals surface area contributed by atoms with Crippen LogP contribution in [0.5, 0.6) is 0 Å². The molecule has 0 saturated carbocycles. The summed E-state index contributed by atoms with van der Waals surface area (Å²) in [7, 11) is 0. The van der Waals surface area contributed by atoms with E-state index in [4.69, 9.17) is 11.6 Å². The molecule has 0 atom stereocenters. The van der Waals surface area contributed by atoms with Crippen LogP contribution in [0.2, 0.25) is 5.02 Å². The zero-order valence-corrected chi connectivity index (χ0v) is 15.9. The second-order valence-corrected chi connectivity index (χ2v) is 7.02. The topological polar surface area (TPSA) is 59.8 Å². The number of carbonyl (C=O) groups is 1. The van der Waals surface area contributed by atoms with E-state index in [-0.39, 0.29) is 16.6 Å². The van der Waals surface area contributed by atoms with Crippen LogP contribution in [0.4, 0.5) is 19.0 Å². The molecule has 146 valence electrons. The number of carbonyl (C=O) groups excluding carboxylic acids is 1. The molecule has 1 aromatic carbocycles.